The fourth-order valence-corrected chi connectivity index (χ4v) is 2.93. The molecule has 0 saturated carbocycles. The van der Waals surface area contributed by atoms with E-state index in [1.807, 2.05) is 18.5 Å². The molecule has 0 fully saturated rings. The van der Waals surface area contributed by atoms with Crippen molar-refractivity contribution in [3.8, 4) is 0 Å². The first kappa shape index (κ1) is 15.5. The quantitative estimate of drug-likeness (QED) is 0.377. The Labute approximate surface area is 136 Å². The molecule has 2 aromatic heterocycles. The standard InChI is InChI=1S/C18H22N4O/c1-3-8-17-21-16-13-19-15-10-5-4-9-14(15)18(16)22(17)12-7-6-11-20-23-2/h4-5,9-11,13H,3,6-8,12H2,1-2H3. The predicted octanol–water partition coefficient (Wildman–Crippen LogP) is 3.95. The van der Waals surface area contributed by atoms with Gasteiger partial charge in [-0.1, -0.05) is 30.3 Å². The van der Waals surface area contributed by atoms with E-state index in [1.165, 1.54) is 10.9 Å². The highest BCUT2D eigenvalue weighted by Gasteiger charge is 2.13. The molecule has 0 unspecified atom stereocenters. The summed E-state index contributed by atoms with van der Waals surface area (Å²) in [5.74, 6) is 1.14. The van der Waals surface area contributed by atoms with Crippen molar-refractivity contribution in [1.29, 1.82) is 0 Å². The van der Waals surface area contributed by atoms with Crippen molar-refractivity contribution in [2.75, 3.05) is 7.11 Å². The lowest BCUT2D eigenvalue weighted by Crippen LogP contribution is -2.04. The van der Waals surface area contributed by atoms with Crippen LogP contribution in [-0.2, 0) is 17.8 Å². The first-order chi connectivity index (χ1) is 11.3. The molecule has 0 spiro atoms. The number of imidazole rings is 1. The van der Waals surface area contributed by atoms with Gasteiger partial charge in [0.1, 0.15) is 18.5 Å². The maximum absolute atomic E-state index is 4.81. The summed E-state index contributed by atoms with van der Waals surface area (Å²) < 4.78 is 2.35. The van der Waals surface area contributed by atoms with Gasteiger partial charge in [0.25, 0.3) is 0 Å². The first-order valence-corrected chi connectivity index (χ1v) is 8.13. The topological polar surface area (TPSA) is 52.3 Å². The van der Waals surface area contributed by atoms with Gasteiger partial charge >= 0.3 is 0 Å². The largest absolute Gasteiger partial charge is 0.399 e. The van der Waals surface area contributed by atoms with Crippen molar-refractivity contribution < 1.29 is 4.84 Å². The van der Waals surface area contributed by atoms with Crippen LogP contribution in [0.1, 0.15) is 32.0 Å². The monoisotopic (exact) mass is 310 g/mol. The molecule has 0 aliphatic carbocycles. The molecular weight excluding hydrogens is 288 g/mol. The molecule has 2 heterocycles. The Hall–Kier alpha value is -2.43. The normalized spacial score (nSPS) is 11.7. The van der Waals surface area contributed by atoms with E-state index in [2.05, 4.69) is 39.8 Å². The maximum atomic E-state index is 4.81. The molecule has 0 amide bonds. The highest BCUT2D eigenvalue weighted by Crippen LogP contribution is 2.25. The van der Waals surface area contributed by atoms with E-state index in [1.54, 1.807) is 7.11 Å². The summed E-state index contributed by atoms with van der Waals surface area (Å²) in [4.78, 5) is 14.1. The van der Waals surface area contributed by atoms with Gasteiger partial charge in [-0.15, -0.1) is 0 Å². The first-order valence-electron chi connectivity index (χ1n) is 8.13. The van der Waals surface area contributed by atoms with Gasteiger partial charge in [-0.25, -0.2) is 4.98 Å². The molecule has 0 bridgehead atoms. The molecule has 0 radical (unpaired) electrons. The summed E-state index contributed by atoms with van der Waals surface area (Å²) in [5, 5.41) is 4.97. The summed E-state index contributed by atoms with van der Waals surface area (Å²) in [6.07, 6.45) is 7.67. The lowest BCUT2D eigenvalue weighted by molar-refractivity contribution is 0.214. The van der Waals surface area contributed by atoms with E-state index < -0.39 is 0 Å². The van der Waals surface area contributed by atoms with Crippen LogP contribution in [0.25, 0.3) is 21.9 Å². The Kier molecular flexibility index (Phi) is 4.86. The second-order valence-corrected chi connectivity index (χ2v) is 5.55. The van der Waals surface area contributed by atoms with E-state index in [4.69, 9.17) is 9.82 Å². The Bertz CT molecular complexity index is 822. The number of hydrogen-bond donors (Lipinski definition) is 0. The minimum Gasteiger partial charge on any atom is -0.399 e. The highest BCUT2D eigenvalue weighted by molar-refractivity contribution is 6.02. The van der Waals surface area contributed by atoms with Gasteiger partial charge in [-0.3, -0.25) is 4.98 Å². The molecule has 0 aliphatic heterocycles. The van der Waals surface area contributed by atoms with E-state index in [9.17, 15) is 0 Å². The molecule has 0 N–H and O–H groups in total. The van der Waals surface area contributed by atoms with Gasteiger partial charge in [0.2, 0.25) is 0 Å². The predicted molar refractivity (Wildman–Crippen MR) is 93.8 cm³/mol. The smallest absolute Gasteiger partial charge is 0.109 e. The van der Waals surface area contributed by atoms with E-state index in [-0.39, 0.29) is 0 Å². The number of aryl methyl sites for hydroxylation is 2. The Morgan fingerprint density at radius 1 is 1.26 bits per heavy atom. The van der Waals surface area contributed by atoms with Crippen molar-refractivity contribution >= 4 is 28.2 Å². The summed E-state index contributed by atoms with van der Waals surface area (Å²) in [5.41, 5.74) is 3.20. The zero-order valence-corrected chi connectivity index (χ0v) is 13.7. The summed E-state index contributed by atoms with van der Waals surface area (Å²) in [6, 6.07) is 8.27. The third-order valence-electron chi connectivity index (χ3n) is 3.93. The van der Waals surface area contributed by atoms with Crippen LogP contribution in [0, 0.1) is 0 Å². The Morgan fingerprint density at radius 3 is 2.96 bits per heavy atom. The third kappa shape index (κ3) is 3.18. The Balaban J connectivity index is 2.02. The van der Waals surface area contributed by atoms with Crippen molar-refractivity contribution in [1.82, 2.24) is 14.5 Å². The molecule has 23 heavy (non-hydrogen) atoms. The van der Waals surface area contributed by atoms with Crippen LogP contribution in [0.5, 0.6) is 0 Å². The number of fused-ring (bicyclic) bond motifs is 3. The zero-order chi connectivity index (χ0) is 16.1. The minimum absolute atomic E-state index is 0.891. The molecule has 120 valence electrons. The van der Waals surface area contributed by atoms with Gasteiger partial charge in [0.15, 0.2) is 0 Å². The van der Waals surface area contributed by atoms with Crippen molar-refractivity contribution in [2.45, 2.75) is 39.2 Å². The number of rotatable bonds is 7. The summed E-state index contributed by atoms with van der Waals surface area (Å²) in [6.45, 7) is 3.11. The minimum atomic E-state index is 0.891. The average Bonchev–Trinajstić information content (AvgIpc) is 2.93. The molecule has 5 nitrogen and oxygen atoms in total. The Morgan fingerprint density at radius 2 is 2.13 bits per heavy atom. The maximum Gasteiger partial charge on any atom is 0.109 e. The van der Waals surface area contributed by atoms with Gasteiger partial charge in [0.05, 0.1) is 17.2 Å². The van der Waals surface area contributed by atoms with Crippen LogP contribution >= 0.6 is 0 Å². The van der Waals surface area contributed by atoms with Crippen LogP contribution in [-0.4, -0.2) is 27.9 Å². The number of oxime groups is 1. The van der Waals surface area contributed by atoms with Crippen LogP contribution in [0.4, 0.5) is 0 Å². The van der Waals surface area contributed by atoms with Crippen LogP contribution < -0.4 is 0 Å². The van der Waals surface area contributed by atoms with Crippen molar-refractivity contribution in [3.05, 3.63) is 36.3 Å². The van der Waals surface area contributed by atoms with Crippen molar-refractivity contribution in [2.24, 2.45) is 5.16 Å². The molecule has 0 saturated heterocycles. The number of hydrogen-bond acceptors (Lipinski definition) is 4. The van der Waals surface area contributed by atoms with Gasteiger partial charge in [-0.05, 0) is 25.3 Å². The summed E-state index contributed by atoms with van der Waals surface area (Å²) in [7, 11) is 1.57. The number of para-hydroxylation sites is 1. The van der Waals surface area contributed by atoms with E-state index in [0.717, 1.165) is 49.1 Å². The fraction of sp³-hybridized carbons (Fsp3) is 0.389. The number of nitrogens with zero attached hydrogens (tertiary/aromatic N) is 4. The van der Waals surface area contributed by atoms with Gasteiger partial charge in [-0.2, -0.15) is 0 Å². The molecule has 3 aromatic rings. The highest BCUT2D eigenvalue weighted by atomic mass is 16.6. The van der Waals surface area contributed by atoms with Gasteiger partial charge < -0.3 is 9.40 Å². The second kappa shape index (κ2) is 7.22. The lowest BCUT2D eigenvalue weighted by Gasteiger charge is -2.09. The van der Waals surface area contributed by atoms with Crippen molar-refractivity contribution in [3.63, 3.8) is 0 Å². The van der Waals surface area contributed by atoms with Crippen LogP contribution in [0.2, 0.25) is 0 Å². The number of pyridine rings is 1. The van der Waals surface area contributed by atoms with E-state index in [0.29, 0.717) is 0 Å². The van der Waals surface area contributed by atoms with Gasteiger partial charge in [0, 0.05) is 24.6 Å². The zero-order valence-electron chi connectivity index (χ0n) is 13.7. The molecule has 0 aliphatic rings. The van der Waals surface area contributed by atoms with Crippen LogP contribution in [0.15, 0.2) is 35.6 Å². The van der Waals surface area contributed by atoms with E-state index >= 15 is 0 Å². The fourth-order valence-electron chi connectivity index (χ4n) is 2.93. The second-order valence-electron chi connectivity index (χ2n) is 5.55. The molecule has 3 rings (SSSR count). The molecular formula is C18H22N4O. The number of aromatic nitrogens is 3. The SMILES string of the molecule is CCCc1nc2cnc3ccccc3c2n1CCCC=NOC. The molecule has 0 atom stereocenters. The number of benzene rings is 1. The van der Waals surface area contributed by atoms with Crippen LogP contribution in [0.3, 0.4) is 0 Å². The lowest BCUT2D eigenvalue weighted by atomic mass is 10.2. The third-order valence-corrected chi connectivity index (χ3v) is 3.93. The summed E-state index contributed by atoms with van der Waals surface area (Å²) >= 11 is 0. The molecule has 1 aromatic carbocycles. The average molecular weight is 310 g/mol. The number of unbranched alkanes of at least 4 members (excludes halogenated alkanes) is 1. The molecule has 5 heteroatoms.